The lowest BCUT2D eigenvalue weighted by atomic mass is 9.99. The molecule has 0 amide bonds. The molecule has 1 rings (SSSR count). The van der Waals surface area contributed by atoms with Gasteiger partial charge in [-0.2, -0.15) is 0 Å². The van der Waals surface area contributed by atoms with Gasteiger partial charge in [0.2, 0.25) is 0 Å². The molecule has 0 nitrogen and oxygen atoms in total. The average molecular weight is 252 g/mol. The van der Waals surface area contributed by atoms with Gasteiger partial charge in [0, 0.05) is 5.88 Å². The Bertz CT molecular complexity index is 293. The van der Waals surface area contributed by atoms with Gasteiger partial charge in [0.25, 0.3) is 0 Å². The van der Waals surface area contributed by atoms with Gasteiger partial charge in [0.05, 0.1) is 10.0 Å². The van der Waals surface area contributed by atoms with E-state index in [0.717, 1.165) is 18.4 Å². The predicted molar refractivity (Wildman–Crippen MR) is 64.7 cm³/mol. The summed E-state index contributed by atoms with van der Waals surface area (Å²) >= 11 is 17.8. The van der Waals surface area contributed by atoms with Crippen LogP contribution in [0.25, 0.3) is 0 Å². The summed E-state index contributed by atoms with van der Waals surface area (Å²) in [5.74, 6) is 1.15. The first-order valence-electron chi connectivity index (χ1n) is 4.67. The minimum absolute atomic E-state index is 0.479. The minimum atomic E-state index is 0.479. The average Bonchev–Trinajstić information content (AvgIpc) is 2.20. The van der Waals surface area contributed by atoms with Crippen molar-refractivity contribution < 1.29 is 0 Å². The van der Waals surface area contributed by atoms with E-state index in [1.807, 2.05) is 12.1 Å². The van der Waals surface area contributed by atoms with Crippen molar-refractivity contribution in [3.05, 3.63) is 33.8 Å². The Labute approximate surface area is 100 Å². The van der Waals surface area contributed by atoms with Gasteiger partial charge >= 0.3 is 0 Å². The maximum absolute atomic E-state index is 6.08. The zero-order valence-electron chi connectivity index (χ0n) is 8.06. The Kier molecular flexibility index (Phi) is 5.08. The summed E-state index contributed by atoms with van der Waals surface area (Å²) in [7, 11) is 0. The zero-order valence-corrected chi connectivity index (χ0v) is 10.3. The lowest BCUT2D eigenvalue weighted by Crippen LogP contribution is -2.05. The van der Waals surface area contributed by atoms with Crippen molar-refractivity contribution in [2.24, 2.45) is 5.92 Å². The van der Waals surface area contributed by atoms with E-state index in [-0.39, 0.29) is 0 Å². The van der Waals surface area contributed by atoms with Crippen molar-refractivity contribution >= 4 is 34.8 Å². The number of hydrogen-bond acceptors (Lipinski definition) is 0. The highest BCUT2D eigenvalue weighted by Gasteiger charge is 2.10. The molecule has 0 saturated heterocycles. The SMILES string of the molecule is CCC(CCl)Cc1cccc(Cl)c1Cl. The fourth-order valence-corrected chi connectivity index (χ4v) is 2.05. The van der Waals surface area contributed by atoms with Crippen molar-refractivity contribution in [2.45, 2.75) is 19.8 Å². The highest BCUT2D eigenvalue weighted by Crippen LogP contribution is 2.28. The molecule has 1 unspecified atom stereocenters. The van der Waals surface area contributed by atoms with E-state index in [1.165, 1.54) is 0 Å². The van der Waals surface area contributed by atoms with Gasteiger partial charge in [0.15, 0.2) is 0 Å². The molecule has 1 atom stereocenters. The molecule has 0 aliphatic carbocycles. The Morgan fingerprint density at radius 1 is 1.29 bits per heavy atom. The van der Waals surface area contributed by atoms with Crippen molar-refractivity contribution in [1.29, 1.82) is 0 Å². The van der Waals surface area contributed by atoms with Gasteiger partial charge in [-0.05, 0) is 24.0 Å². The predicted octanol–water partition coefficient (Wildman–Crippen LogP) is 4.80. The Morgan fingerprint density at radius 3 is 2.57 bits per heavy atom. The topological polar surface area (TPSA) is 0 Å². The van der Waals surface area contributed by atoms with E-state index in [0.29, 0.717) is 21.8 Å². The first-order valence-corrected chi connectivity index (χ1v) is 5.97. The van der Waals surface area contributed by atoms with Crippen molar-refractivity contribution in [2.75, 3.05) is 5.88 Å². The van der Waals surface area contributed by atoms with E-state index in [2.05, 4.69) is 6.92 Å². The summed E-state index contributed by atoms with van der Waals surface area (Å²) in [4.78, 5) is 0. The lowest BCUT2D eigenvalue weighted by Gasteiger charge is -2.12. The Balaban J connectivity index is 2.80. The second-order valence-electron chi connectivity index (χ2n) is 3.35. The Hall–Kier alpha value is 0.0900. The molecule has 0 aromatic heterocycles. The van der Waals surface area contributed by atoms with Crippen LogP contribution in [0.1, 0.15) is 18.9 Å². The normalized spacial score (nSPS) is 12.9. The number of rotatable bonds is 4. The fraction of sp³-hybridized carbons (Fsp3) is 0.455. The number of halogens is 3. The molecule has 0 aliphatic rings. The van der Waals surface area contributed by atoms with E-state index >= 15 is 0 Å². The third-order valence-electron chi connectivity index (χ3n) is 2.34. The lowest BCUT2D eigenvalue weighted by molar-refractivity contribution is 0.567. The molecule has 0 bridgehead atoms. The second-order valence-corrected chi connectivity index (χ2v) is 4.44. The molecule has 0 fully saturated rings. The summed E-state index contributed by atoms with van der Waals surface area (Å²) in [5, 5.41) is 1.28. The second kappa shape index (κ2) is 5.85. The van der Waals surface area contributed by atoms with Crippen LogP contribution in [0, 0.1) is 5.92 Å². The van der Waals surface area contributed by atoms with E-state index in [9.17, 15) is 0 Å². The number of benzene rings is 1. The van der Waals surface area contributed by atoms with Gasteiger partial charge < -0.3 is 0 Å². The van der Waals surface area contributed by atoms with Gasteiger partial charge in [-0.1, -0.05) is 48.7 Å². The maximum Gasteiger partial charge on any atom is 0.0624 e. The van der Waals surface area contributed by atoms with Gasteiger partial charge in [-0.25, -0.2) is 0 Å². The van der Waals surface area contributed by atoms with Crippen LogP contribution in [0.2, 0.25) is 10.0 Å². The van der Waals surface area contributed by atoms with Crippen molar-refractivity contribution in [3.8, 4) is 0 Å². The van der Waals surface area contributed by atoms with Gasteiger partial charge in [0.1, 0.15) is 0 Å². The highest BCUT2D eigenvalue weighted by molar-refractivity contribution is 6.42. The van der Waals surface area contributed by atoms with Crippen LogP contribution in [0.3, 0.4) is 0 Å². The number of alkyl halides is 1. The quantitative estimate of drug-likeness (QED) is 0.674. The molecule has 0 radical (unpaired) electrons. The molecule has 0 spiro atoms. The van der Waals surface area contributed by atoms with Crippen LogP contribution < -0.4 is 0 Å². The number of hydrogen-bond donors (Lipinski definition) is 0. The van der Waals surface area contributed by atoms with E-state index in [1.54, 1.807) is 6.07 Å². The third kappa shape index (κ3) is 3.05. The third-order valence-corrected chi connectivity index (χ3v) is 3.63. The van der Waals surface area contributed by atoms with Crippen LogP contribution in [-0.4, -0.2) is 5.88 Å². The molecule has 78 valence electrons. The van der Waals surface area contributed by atoms with E-state index in [4.69, 9.17) is 34.8 Å². The van der Waals surface area contributed by atoms with Crippen LogP contribution in [-0.2, 0) is 6.42 Å². The molecule has 0 heterocycles. The fourth-order valence-electron chi connectivity index (χ4n) is 1.33. The largest absolute Gasteiger partial charge is 0.126 e. The van der Waals surface area contributed by atoms with Crippen LogP contribution >= 0.6 is 34.8 Å². The van der Waals surface area contributed by atoms with Crippen LogP contribution in [0.5, 0.6) is 0 Å². The molecule has 0 aliphatic heterocycles. The molecule has 1 aromatic rings. The molecule has 3 heteroatoms. The summed E-state index contributed by atoms with van der Waals surface area (Å²) in [5.41, 5.74) is 1.09. The smallest absolute Gasteiger partial charge is 0.0624 e. The molecule has 0 saturated carbocycles. The molecule has 1 aromatic carbocycles. The van der Waals surface area contributed by atoms with Crippen LogP contribution in [0.15, 0.2) is 18.2 Å². The van der Waals surface area contributed by atoms with Crippen molar-refractivity contribution in [1.82, 2.24) is 0 Å². The van der Waals surface area contributed by atoms with Gasteiger partial charge in [-0.15, -0.1) is 11.6 Å². The summed E-state index contributed by atoms with van der Waals surface area (Å²) in [6.07, 6.45) is 1.96. The highest BCUT2D eigenvalue weighted by atomic mass is 35.5. The summed E-state index contributed by atoms with van der Waals surface area (Å²) in [6, 6.07) is 5.73. The Morgan fingerprint density at radius 2 is 2.00 bits per heavy atom. The van der Waals surface area contributed by atoms with Crippen molar-refractivity contribution in [3.63, 3.8) is 0 Å². The molecule has 14 heavy (non-hydrogen) atoms. The molecular formula is C11H13Cl3. The first-order chi connectivity index (χ1) is 6.69. The molecular weight excluding hydrogens is 238 g/mol. The first kappa shape index (κ1) is 12.2. The van der Waals surface area contributed by atoms with E-state index < -0.39 is 0 Å². The standard InChI is InChI=1S/C11H13Cl3/c1-2-8(7-12)6-9-4-3-5-10(13)11(9)14/h3-5,8H,2,6-7H2,1H3. The summed E-state index contributed by atoms with van der Waals surface area (Å²) in [6.45, 7) is 2.13. The zero-order chi connectivity index (χ0) is 10.6. The minimum Gasteiger partial charge on any atom is -0.126 e. The molecule has 0 N–H and O–H groups in total. The maximum atomic E-state index is 6.08. The van der Waals surface area contributed by atoms with Gasteiger partial charge in [-0.3, -0.25) is 0 Å². The van der Waals surface area contributed by atoms with Crippen LogP contribution in [0.4, 0.5) is 0 Å². The monoisotopic (exact) mass is 250 g/mol. The summed E-state index contributed by atoms with van der Waals surface area (Å²) < 4.78 is 0.